The van der Waals surface area contributed by atoms with Crippen LogP contribution in [-0.4, -0.2) is 36.7 Å². The molecule has 1 aliphatic heterocycles. The Morgan fingerprint density at radius 1 is 1.36 bits per heavy atom. The third kappa shape index (κ3) is 3.85. The summed E-state index contributed by atoms with van der Waals surface area (Å²) in [6.45, 7) is 10.3. The Labute approximate surface area is 139 Å². The van der Waals surface area contributed by atoms with Gasteiger partial charge < -0.3 is 9.47 Å². The van der Waals surface area contributed by atoms with E-state index in [4.69, 9.17) is 9.47 Å². The minimum absolute atomic E-state index is 0. The Morgan fingerprint density at radius 2 is 2.05 bits per heavy atom. The zero-order valence-corrected chi connectivity index (χ0v) is 14.9. The maximum absolute atomic E-state index is 13.9. The van der Waals surface area contributed by atoms with Crippen molar-refractivity contribution in [2.45, 2.75) is 52.1 Å². The molecule has 0 spiro atoms. The molecule has 2 rings (SSSR count). The Kier molecular flexibility index (Phi) is 6.50. The van der Waals surface area contributed by atoms with Gasteiger partial charge in [-0.15, -0.1) is 12.4 Å². The summed E-state index contributed by atoms with van der Waals surface area (Å²) in [6.07, 6.45) is 1.84. The summed E-state index contributed by atoms with van der Waals surface area (Å²) >= 11 is 0. The van der Waals surface area contributed by atoms with Crippen LogP contribution in [0.5, 0.6) is 11.5 Å². The van der Waals surface area contributed by atoms with Crippen LogP contribution in [0.25, 0.3) is 0 Å². The van der Waals surface area contributed by atoms with Crippen LogP contribution in [0.3, 0.4) is 0 Å². The SMILES string of the molecule is CCCN([C@H]1COc2c(F)ccc(OC)c2C1)C(C)(C)C.Cl. The highest BCUT2D eigenvalue weighted by atomic mass is 35.5. The summed E-state index contributed by atoms with van der Waals surface area (Å²) in [5.74, 6) is 0.763. The molecule has 1 aliphatic rings. The van der Waals surface area contributed by atoms with Crippen LogP contribution in [0.1, 0.15) is 39.7 Å². The lowest BCUT2D eigenvalue weighted by Crippen LogP contribution is -2.52. The molecule has 0 amide bonds. The number of methoxy groups -OCH3 is 1. The van der Waals surface area contributed by atoms with E-state index < -0.39 is 0 Å². The molecule has 0 aromatic heterocycles. The fraction of sp³-hybridized carbons (Fsp3) is 0.647. The summed E-state index contributed by atoms with van der Waals surface area (Å²) in [5, 5.41) is 0. The van der Waals surface area contributed by atoms with Gasteiger partial charge in [0.1, 0.15) is 12.4 Å². The largest absolute Gasteiger partial charge is 0.496 e. The van der Waals surface area contributed by atoms with E-state index in [-0.39, 0.29) is 29.8 Å². The first-order valence-electron chi connectivity index (χ1n) is 7.63. The fourth-order valence-electron chi connectivity index (χ4n) is 3.10. The molecular weight excluding hydrogens is 305 g/mol. The summed E-state index contributed by atoms with van der Waals surface area (Å²) in [4.78, 5) is 2.44. The van der Waals surface area contributed by atoms with Crippen molar-refractivity contribution < 1.29 is 13.9 Å². The molecule has 126 valence electrons. The molecule has 0 N–H and O–H groups in total. The lowest BCUT2D eigenvalue weighted by Gasteiger charge is -2.43. The first-order chi connectivity index (χ1) is 9.88. The molecule has 0 radical (unpaired) electrons. The van der Waals surface area contributed by atoms with Crippen LogP contribution >= 0.6 is 12.4 Å². The molecule has 0 fully saturated rings. The van der Waals surface area contributed by atoms with E-state index in [1.807, 2.05) is 0 Å². The van der Waals surface area contributed by atoms with Gasteiger partial charge in [-0.25, -0.2) is 4.39 Å². The molecule has 0 unspecified atom stereocenters. The van der Waals surface area contributed by atoms with Crippen molar-refractivity contribution in [3.63, 3.8) is 0 Å². The second-order valence-corrected chi connectivity index (χ2v) is 6.59. The molecule has 1 aromatic carbocycles. The molecule has 0 bridgehead atoms. The van der Waals surface area contributed by atoms with Gasteiger partial charge in [-0.05, 0) is 52.3 Å². The molecule has 22 heavy (non-hydrogen) atoms. The van der Waals surface area contributed by atoms with Crippen molar-refractivity contribution in [1.82, 2.24) is 4.90 Å². The van der Waals surface area contributed by atoms with Crippen LogP contribution in [-0.2, 0) is 6.42 Å². The Bertz CT molecular complexity index is 502. The van der Waals surface area contributed by atoms with Gasteiger partial charge in [0.25, 0.3) is 0 Å². The molecule has 0 aliphatic carbocycles. The van der Waals surface area contributed by atoms with Gasteiger partial charge in [0.15, 0.2) is 11.6 Å². The highest BCUT2D eigenvalue weighted by Crippen LogP contribution is 2.37. The van der Waals surface area contributed by atoms with Gasteiger partial charge in [-0.2, -0.15) is 0 Å². The number of hydrogen-bond acceptors (Lipinski definition) is 3. The topological polar surface area (TPSA) is 21.7 Å². The summed E-state index contributed by atoms with van der Waals surface area (Å²) in [7, 11) is 1.62. The van der Waals surface area contributed by atoms with Gasteiger partial charge >= 0.3 is 0 Å². The average Bonchev–Trinajstić information content (AvgIpc) is 2.43. The predicted molar refractivity (Wildman–Crippen MR) is 89.9 cm³/mol. The van der Waals surface area contributed by atoms with Crippen LogP contribution in [0.2, 0.25) is 0 Å². The standard InChI is InChI=1S/C17H26FNO2.ClH/c1-6-9-19(17(2,3)4)12-10-13-15(20-5)8-7-14(18)16(13)21-11-12;/h7-8,12H,6,9-11H2,1-5H3;1H/t12-;/m1./s1. The molecule has 0 saturated heterocycles. The predicted octanol–water partition coefficient (Wildman–Crippen LogP) is 4.07. The lowest BCUT2D eigenvalue weighted by atomic mass is 9.95. The number of rotatable bonds is 4. The van der Waals surface area contributed by atoms with Gasteiger partial charge in [-0.3, -0.25) is 4.90 Å². The van der Waals surface area contributed by atoms with Crippen molar-refractivity contribution in [3.05, 3.63) is 23.5 Å². The number of nitrogens with zero attached hydrogens (tertiary/aromatic N) is 1. The number of hydrogen-bond donors (Lipinski definition) is 0. The van der Waals surface area contributed by atoms with E-state index in [0.717, 1.165) is 24.9 Å². The van der Waals surface area contributed by atoms with E-state index in [2.05, 4.69) is 32.6 Å². The first-order valence-corrected chi connectivity index (χ1v) is 7.63. The quantitative estimate of drug-likeness (QED) is 0.830. The second kappa shape index (κ2) is 7.51. The van der Waals surface area contributed by atoms with Crippen molar-refractivity contribution >= 4 is 12.4 Å². The highest BCUT2D eigenvalue weighted by molar-refractivity contribution is 5.85. The highest BCUT2D eigenvalue weighted by Gasteiger charge is 2.34. The first kappa shape index (κ1) is 19.0. The van der Waals surface area contributed by atoms with Crippen molar-refractivity contribution in [2.75, 3.05) is 20.3 Å². The van der Waals surface area contributed by atoms with Crippen LogP contribution in [0.15, 0.2) is 12.1 Å². The Hall–Kier alpha value is -1.00. The van der Waals surface area contributed by atoms with Gasteiger partial charge in [-0.1, -0.05) is 6.92 Å². The molecule has 1 atom stereocenters. The van der Waals surface area contributed by atoms with E-state index >= 15 is 0 Å². The molecule has 5 heteroatoms. The van der Waals surface area contributed by atoms with E-state index in [9.17, 15) is 4.39 Å². The number of fused-ring (bicyclic) bond motifs is 1. The molecule has 1 aromatic rings. The molecule has 1 heterocycles. The fourth-order valence-corrected chi connectivity index (χ4v) is 3.10. The summed E-state index contributed by atoms with van der Waals surface area (Å²) in [5.41, 5.74) is 0.904. The monoisotopic (exact) mass is 331 g/mol. The molecular formula is C17H27ClFNO2. The van der Waals surface area contributed by atoms with Crippen molar-refractivity contribution in [1.29, 1.82) is 0 Å². The minimum atomic E-state index is -0.304. The van der Waals surface area contributed by atoms with Gasteiger partial charge in [0.05, 0.1) is 7.11 Å². The van der Waals surface area contributed by atoms with Gasteiger partial charge in [0, 0.05) is 17.1 Å². The Morgan fingerprint density at radius 3 is 2.59 bits per heavy atom. The maximum atomic E-state index is 13.9. The molecule has 3 nitrogen and oxygen atoms in total. The Balaban J connectivity index is 0.00000242. The third-order valence-corrected chi connectivity index (χ3v) is 4.02. The van der Waals surface area contributed by atoms with E-state index in [0.29, 0.717) is 18.1 Å². The maximum Gasteiger partial charge on any atom is 0.165 e. The number of halogens is 2. The smallest absolute Gasteiger partial charge is 0.165 e. The van der Waals surface area contributed by atoms with E-state index in [1.165, 1.54) is 6.07 Å². The van der Waals surface area contributed by atoms with Crippen molar-refractivity contribution in [3.8, 4) is 11.5 Å². The second-order valence-electron chi connectivity index (χ2n) is 6.59. The van der Waals surface area contributed by atoms with E-state index in [1.54, 1.807) is 13.2 Å². The van der Waals surface area contributed by atoms with Crippen molar-refractivity contribution in [2.24, 2.45) is 0 Å². The van der Waals surface area contributed by atoms with Crippen LogP contribution in [0.4, 0.5) is 4.39 Å². The van der Waals surface area contributed by atoms with Crippen LogP contribution < -0.4 is 9.47 Å². The average molecular weight is 332 g/mol. The lowest BCUT2D eigenvalue weighted by molar-refractivity contribution is 0.0419. The van der Waals surface area contributed by atoms with Gasteiger partial charge in [0.2, 0.25) is 0 Å². The normalized spacial score (nSPS) is 17.5. The molecule has 0 saturated carbocycles. The summed E-state index contributed by atoms with van der Waals surface area (Å²) in [6, 6.07) is 3.33. The minimum Gasteiger partial charge on any atom is -0.496 e. The zero-order chi connectivity index (χ0) is 15.6. The summed E-state index contributed by atoms with van der Waals surface area (Å²) < 4.78 is 25.0. The third-order valence-electron chi connectivity index (χ3n) is 4.02. The van der Waals surface area contributed by atoms with Crippen LogP contribution in [0, 0.1) is 5.82 Å². The zero-order valence-electron chi connectivity index (χ0n) is 14.1. The number of benzene rings is 1. The number of ether oxygens (including phenoxy) is 2.